The van der Waals surface area contributed by atoms with Gasteiger partial charge in [0.15, 0.2) is 0 Å². The molecule has 0 aliphatic carbocycles. The van der Waals surface area contributed by atoms with Gasteiger partial charge in [0.25, 0.3) is 5.69 Å². The highest BCUT2D eigenvalue weighted by Crippen LogP contribution is 2.23. The van der Waals surface area contributed by atoms with E-state index in [-0.39, 0.29) is 11.5 Å². The molecule has 0 amide bonds. The number of benzene rings is 2. The summed E-state index contributed by atoms with van der Waals surface area (Å²) in [6.45, 7) is 4.01. The molecule has 1 N–H and O–H groups in total. The summed E-state index contributed by atoms with van der Waals surface area (Å²) in [4.78, 5) is 10.5. The van der Waals surface area contributed by atoms with E-state index in [2.05, 4.69) is 5.32 Å². The Hall–Kier alpha value is -2.43. The van der Waals surface area contributed by atoms with Crippen LogP contribution in [-0.4, -0.2) is 4.92 Å². The van der Waals surface area contributed by atoms with Gasteiger partial charge in [-0.3, -0.25) is 10.1 Å². The number of aryl methyl sites for hydroxylation is 2. The van der Waals surface area contributed by atoms with Crippen LogP contribution < -0.4 is 5.32 Å². The Morgan fingerprint density at radius 3 is 2.55 bits per heavy atom. The molecule has 2 aromatic carbocycles. The van der Waals surface area contributed by atoms with Crippen LogP contribution >= 0.6 is 0 Å². The average Bonchev–Trinajstić information content (AvgIpc) is 2.41. The first-order chi connectivity index (χ1) is 9.47. The van der Waals surface area contributed by atoms with Crippen molar-refractivity contribution in [3.8, 4) is 0 Å². The van der Waals surface area contributed by atoms with Gasteiger partial charge in [-0.2, -0.15) is 0 Å². The lowest BCUT2D eigenvalue weighted by Crippen LogP contribution is -2.03. The van der Waals surface area contributed by atoms with Crippen molar-refractivity contribution in [3.05, 3.63) is 69.0 Å². The van der Waals surface area contributed by atoms with Crippen LogP contribution in [0.5, 0.6) is 0 Å². The van der Waals surface area contributed by atoms with Gasteiger partial charge in [-0.25, -0.2) is 4.39 Å². The van der Waals surface area contributed by atoms with Crippen molar-refractivity contribution in [1.82, 2.24) is 0 Å². The van der Waals surface area contributed by atoms with Crippen molar-refractivity contribution in [2.75, 3.05) is 5.32 Å². The Bertz CT molecular complexity index is 656. The smallest absolute Gasteiger partial charge is 0.274 e. The van der Waals surface area contributed by atoms with E-state index in [4.69, 9.17) is 0 Å². The van der Waals surface area contributed by atoms with E-state index in [1.807, 2.05) is 6.92 Å². The molecule has 4 nitrogen and oxygen atoms in total. The van der Waals surface area contributed by atoms with Crippen molar-refractivity contribution in [3.63, 3.8) is 0 Å². The van der Waals surface area contributed by atoms with E-state index in [0.717, 1.165) is 11.1 Å². The van der Waals surface area contributed by atoms with Gasteiger partial charge in [-0.05, 0) is 43.2 Å². The summed E-state index contributed by atoms with van der Waals surface area (Å²) in [6.07, 6.45) is 0. The topological polar surface area (TPSA) is 55.2 Å². The summed E-state index contributed by atoms with van der Waals surface area (Å²) in [5.74, 6) is -0.290. The molecule has 0 unspecified atom stereocenters. The number of hydrogen-bond donors (Lipinski definition) is 1. The van der Waals surface area contributed by atoms with Crippen LogP contribution in [0.1, 0.15) is 16.7 Å². The number of nitrogens with one attached hydrogen (secondary N) is 1. The molecule has 0 aliphatic heterocycles. The zero-order valence-corrected chi connectivity index (χ0v) is 11.3. The Kier molecular flexibility index (Phi) is 3.98. The van der Waals surface area contributed by atoms with E-state index in [0.29, 0.717) is 17.8 Å². The molecule has 0 atom stereocenters. The summed E-state index contributed by atoms with van der Waals surface area (Å²) < 4.78 is 13.2. The van der Waals surface area contributed by atoms with E-state index in [9.17, 15) is 14.5 Å². The first-order valence-electron chi connectivity index (χ1n) is 6.21. The van der Waals surface area contributed by atoms with Crippen LogP contribution in [0.3, 0.4) is 0 Å². The summed E-state index contributed by atoms with van der Waals surface area (Å²) in [5.41, 5.74) is 3.13. The fourth-order valence-corrected chi connectivity index (χ4v) is 1.94. The molecule has 0 spiro atoms. The Labute approximate surface area is 116 Å². The molecule has 5 heteroatoms. The number of rotatable bonds is 4. The second kappa shape index (κ2) is 5.69. The lowest BCUT2D eigenvalue weighted by molar-refractivity contribution is -0.385. The fraction of sp³-hybridized carbons (Fsp3) is 0.200. The molecular weight excluding hydrogens is 259 g/mol. The minimum atomic E-state index is -0.409. The van der Waals surface area contributed by atoms with Crippen LogP contribution in [0, 0.1) is 29.8 Å². The monoisotopic (exact) mass is 274 g/mol. The highest BCUT2D eigenvalue weighted by Gasteiger charge is 2.11. The SMILES string of the molecule is Cc1ccc(F)cc1CNc1ccc(C)c([N+](=O)[O-])c1. The molecule has 0 saturated carbocycles. The quantitative estimate of drug-likeness (QED) is 0.678. The first kappa shape index (κ1) is 14.0. The molecule has 0 bridgehead atoms. The second-order valence-corrected chi connectivity index (χ2v) is 4.68. The molecule has 2 rings (SSSR count). The van der Waals surface area contributed by atoms with Gasteiger partial charge < -0.3 is 5.32 Å². The molecule has 0 fully saturated rings. The van der Waals surface area contributed by atoms with Crippen LogP contribution in [0.25, 0.3) is 0 Å². The molecule has 0 aliphatic rings. The van der Waals surface area contributed by atoms with Gasteiger partial charge in [0.05, 0.1) is 4.92 Å². The van der Waals surface area contributed by atoms with Crippen LogP contribution in [-0.2, 0) is 6.54 Å². The maximum absolute atomic E-state index is 13.2. The molecule has 0 aromatic heterocycles. The first-order valence-corrected chi connectivity index (χ1v) is 6.21. The third-order valence-electron chi connectivity index (χ3n) is 3.20. The number of nitrogens with zero attached hydrogens (tertiary/aromatic N) is 1. The number of nitro benzene ring substituents is 1. The highest BCUT2D eigenvalue weighted by atomic mass is 19.1. The second-order valence-electron chi connectivity index (χ2n) is 4.68. The molecule has 2 aromatic rings. The standard InChI is InChI=1S/C15H15FN2O2/c1-10-3-5-13(16)7-12(10)9-17-14-6-4-11(2)15(8-14)18(19)20/h3-8,17H,9H2,1-2H3. The van der Waals surface area contributed by atoms with E-state index in [1.54, 1.807) is 25.1 Å². The number of hydrogen-bond acceptors (Lipinski definition) is 3. The minimum Gasteiger partial charge on any atom is -0.381 e. The number of nitro groups is 1. The van der Waals surface area contributed by atoms with Gasteiger partial charge >= 0.3 is 0 Å². The summed E-state index contributed by atoms with van der Waals surface area (Å²) in [5, 5.41) is 14.0. The van der Waals surface area contributed by atoms with E-state index in [1.165, 1.54) is 18.2 Å². The lowest BCUT2D eigenvalue weighted by Gasteiger charge is -2.09. The molecule has 20 heavy (non-hydrogen) atoms. The van der Waals surface area contributed by atoms with E-state index < -0.39 is 4.92 Å². The zero-order chi connectivity index (χ0) is 14.7. The molecule has 104 valence electrons. The van der Waals surface area contributed by atoms with Gasteiger partial charge in [-0.15, -0.1) is 0 Å². The van der Waals surface area contributed by atoms with Crippen molar-refractivity contribution in [1.29, 1.82) is 0 Å². The Balaban J connectivity index is 2.17. The summed E-state index contributed by atoms with van der Waals surface area (Å²) >= 11 is 0. The minimum absolute atomic E-state index is 0.0750. The van der Waals surface area contributed by atoms with Crippen molar-refractivity contribution >= 4 is 11.4 Å². The fourth-order valence-electron chi connectivity index (χ4n) is 1.94. The maximum Gasteiger partial charge on any atom is 0.274 e. The van der Waals surface area contributed by atoms with Gasteiger partial charge in [-0.1, -0.05) is 12.1 Å². The predicted octanol–water partition coefficient (Wildman–Crippen LogP) is 3.96. The highest BCUT2D eigenvalue weighted by molar-refractivity contribution is 5.55. The van der Waals surface area contributed by atoms with Gasteiger partial charge in [0, 0.05) is 23.9 Å². The van der Waals surface area contributed by atoms with Crippen LogP contribution in [0.15, 0.2) is 36.4 Å². The summed E-state index contributed by atoms with van der Waals surface area (Å²) in [6, 6.07) is 9.55. The molecule has 0 heterocycles. The van der Waals surface area contributed by atoms with Crippen molar-refractivity contribution in [2.24, 2.45) is 0 Å². The number of halogens is 1. The molecular formula is C15H15FN2O2. The normalized spacial score (nSPS) is 10.3. The van der Waals surface area contributed by atoms with Gasteiger partial charge in [0.2, 0.25) is 0 Å². The third kappa shape index (κ3) is 3.12. The molecule has 0 saturated heterocycles. The van der Waals surface area contributed by atoms with Crippen LogP contribution in [0.4, 0.5) is 15.8 Å². The Morgan fingerprint density at radius 2 is 1.85 bits per heavy atom. The van der Waals surface area contributed by atoms with E-state index >= 15 is 0 Å². The lowest BCUT2D eigenvalue weighted by atomic mass is 10.1. The molecule has 0 radical (unpaired) electrons. The predicted molar refractivity (Wildman–Crippen MR) is 76.3 cm³/mol. The Morgan fingerprint density at radius 1 is 1.15 bits per heavy atom. The third-order valence-corrected chi connectivity index (χ3v) is 3.20. The maximum atomic E-state index is 13.2. The average molecular weight is 274 g/mol. The largest absolute Gasteiger partial charge is 0.381 e. The van der Waals surface area contributed by atoms with Gasteiger partial charge in [0.1, 0.15) is 5.82 Å². The van der Waals surface area contributed by atoms with Crippen molar-refractivity contribution in [2.45, 2.75) is 20.4 Å². The van der Waals surface area contributed by atoms with Crippen LogP contribution in [0.2, 0.25) is 0 Å². The summed E-state index contributed by atoms with van der Waals surface area (Å²) in [7, 11) is 0. The van der Waals surface area contributed by atoms with Crippen molar-refractivity contribution < 1.29 is 9.31 Å². The zero-order valence-electron chi connectivity index (χ0n) is 11.3. The number of anilines is 1.